The maximum Gasteiger partial charge on any atom is 0.256 e. The monoisotopic (exact) mass is 466 g/mol. The molecule has 0 radical (unpaired) electrons. The number of fused-ring (bicyclic) bond motifs is 1. The fourth-order valence-corrected chi connectivity index (χ4v) is 5.32. The van der Waals surface area contributed by atoms with E-state index in [-0.39, 0.29) is 16.8 Å². The largest absolute Gasteiger partial charge is 0.307 e. The van der Waals surface area contributed by atoms with Gasteiger partial charge in [0.2, 0.25) is 10.0 Å². The number of benzene rings is 2. The van der Waals surface area contributed by atoms with Gasteiger partial charge in [0.25, 0.3) is 5.91 Å². The quantitative estimate of drug-likeness (QED) is 0.447. The molecule has 9 heteroatoms. The number of sulfonamides is 1. The summed E-state index contributed by atoms with van der Waals surface area (Å²) in [5.74, 6) is 0.0301. The lowest BCUT2D eigenvalue weighted by Gasteiger charge is -2.21. The summed E-state index contributed by atoms with van der Waals surface area (Å²) >= 11 is 1.58. The second-order valence-corrected chi connectivity index (χ2v) is 10.5. The summed E-state index contributed by atoms with van der Waals surface area (Å²) in [4.78, 5) is 21.6. The number of para-hydroxylation sites is 1. The molecule has 1 amide bonds. The zero-order chi connectivity index (χ0) is 22.9. The summed E-state index contributed by atoms with van der Waals surface area (Å²) in [6.07, 6.45) is 1.67. The van der Waals surface area contributed by atoms with Crippen LogP contribution in [0, 0.1) is 0 Å². The van der Waals surface area contributed by atoms with Crippen LogP contribution in [0.5, 0.6) is 0 Å². The van der Waals surface area contributed by atoms with Gasteiger partial charge < -0.3 is 5.32 Å². The third-order valence-corrected chi connectivity index (χ3v) is 8.20. The van der Waals surface area contributed by atoms with Crippen LogP contribution in [0.15, 0.2) is 71.8 Å². The number of nitrogens with one attached hydrogen (secondary N) is 1. The maximum absolute atomic E-state index is 12.6. The summed E-state index contributed by atoms with van der Waals surface area (Å²) in [7, 11) is -2.06. The standard InChI is InChI=1S/C23H22N4O3S2/c1-15(2)27(3)32(29,30)18-11-8-16(9-12-18)22(28)26-21-13-10-17(14-24-21)23-25-19-6-4-5-7-20(19)31-23/h4-15H,1-3H3,(H,24,26,28). The Bertz CT molecular complexity index is 1330. The Morgan fingerprint density at radius 1 is 1.03 bits per heavy atom. The Morgan fingerprint density at radius 2 is 1.75 bits per heavy atom. The Balaban J connectivity index is 1.47. The van der Waals surface area contributed by atoms with Gasteiger partial charge in [-0.2, -0.15) is 4.31 Å². The van der Waals surface area contributed by atoms with Gasteiger partial charge in [-0.3, -0.25) is 4.79 Å². The number of pyridine rings is 1. The Kier molecular flexibility index (Phi) is 6.05. The fraction of sp³-hybridized carbons (Fsp3) is 0.174. The van der Waals surface area contributed by atoms with E-state index in [9.17, 15) is 13.2 Å². The van der Waals surface area contributed by atoms with Crippen molar-refractivity contribution in [1.29, 1.82) is 0 Å². The average molecular weight is 467 g/mol. The number of anilines is 1. The molecule has 0 saturated heterocycles. The summed E-state index contributed by atoms with van der Waals surface area (Å²) in [5, 5.41) is 3.60. The molecule has 0 bridgehead atoms. The average Bonchev–Trinajstić information content (AvgIpc) is 3.23. The second-order valence-electron chi connectivity index (χ2n) is 7.51. The molecule has 0 aliphatic carbocycles. The molecule has 2 aromatic heterocycles. The van der Waals surface area contributed by atoms with Crippen LogP contribution >= 0.6 is 11.3 Å². The first-order valence-corrected chi connectivity index (χ1v) is 12.2. The fourth-order valence-electron chi connectivity index (χ4n) is 3.00. The minimum atomic E-state index is -3.60. The molecule has 0 aliphatic heterocycles. The molecule has 0 unspecified atom stereocenters. The number of amides is 1. The van der Waals surface area contributed by atoms with Crippen molar-refractivity contribution in [2.45, 2.75) is 24.8 Å². The summed E-state index contributed by atoms with van der Waals surface area (Å²) in [6.45, 7) is 3.60. The third kappa shape index (κ3) is 4.40. The van der Waals surface area contributed by atoms with Crippen molar-refractivity contribution in [2.24, 2.45) is 0 Å². The van der Waals surface area contributed by atoms with E-state index in [4.69, 9.17) is 0 Å². The predicted molar refractivity (Wildman–Crippen MR) is 127 cm³/mol. The molecule has 4 rings (SSSR count). The lowest BCUT2D eigenvalue weighted by atomic mass is 10.2. The molecule has 4 aromatic rings. The van der Waals surface area contributed by atoms with Crippen LogP contribution in [0.2, 0.25) is 0 Å². The summed E-state index contributed by atoms with van der Waals surface area (Å²) in [5.41, 5.74) is 2.15. The Labute approximate surface area is 190 Å². The maximum atomic E-state index is 12.6. The number of hydrogen-bond acceptors (Lipinski definition) is 6. The van der Waals surface area contributed by atoms with E-state index in [0.29, 0.717) is 11.4 Å². The van der Waals surface area contributed by atoms with E-state index in [0.717, 1.165) is 20.8 Å². The van der Waals surface area contributed by atoms with Crippen LogP contribution < -0.4 is 5.32 Å². The highest BCUT2D eigenvalue weighted by Gasteiger charge is 2.23. The van der Waals surface area contributed by atoms with Gasteiger partial charge in [-0.15, -0.1) is 11.3 Å². The van der Waals surface area contributed by atoms with E-state index in [1.54, 1.807) is 37.4 Å². The summed E-state index contributed by atoms with van der Waals surface area (Å²) in [6, 6.07) is 17.2. The van der Waals surface area contributed by atoms with Gasteiger partial charge in [0.05, 0.1) is 15.1 Å². The minimum Gasteiger partial charge on any atom is -0.307 e. The molecule has 0 spiro atoms. The molecule has 0 saturated carbocycles. The van der Waals surface area contributed by atoms with Gasteiger partial charge in [0.1, 0.15) is 10.8 Å². The molecular formula is C23H22N4O3S2. The molecule has 0 aliphatic rings. The van der Waals surface area contributed by atoms with Gasteiger partial charge >= 0.3 is 0 Å². The lowest BCUT2D eigenvalue weighted by molar-refractivity contribution is 0.102. The van der Waals surface area contributed by atoms with Crippen LogP contribution in [0.4, 0.5) is 5.82 Å². The molecule has 1 N–H and O–H groups in total. The first-order chi connectivity index (χ1) is 15.3. The number of hydrogen-bond donors (Lipinski definition) is 1. The molecule has 0 fully saturated rings. The number of carbonyl (C=O) groups is 1. The van der Waals surface area contributed by atoms with Gasteiger partial charge in [-0.05, 0) is 62.4 Å². The van der Waals surface area contributed by atoms with Crippen molar-refractivity contribution >= 4 is 43.3 Å². The molecule has 32 heavy (non-hydrogen) atoms. The van der Waals surface area contributed by atoms with Crippen molar-refractivity contribution in [2.75, 3.05) is 12.4 Å². The molecular weight excluding hydrogens is 444 g/mol. The van der Waals surface area contributed by atoms with Gasteiger partial charge in [0, 0.05) is 30.4 Å². The topological polar surface area (TPSA) is 92.3 Å². The van der Waals surface area contributed by atoms with Crippen LogP contribution in [-0.4, -0.2) is 41.7 Å². The number of rotatable bonds is 6. The molecule has 164 valence electrons. The highest BCUT2D eigenvalue weighted by atomic mass is 32.2. The highest BCUT2D eigenvalue weighted by molar-refractivity contribution is 7.89. The molecule has 7 nitrogen and oxygen atoms in total. The zero-order valence-electron chi connectivity index (χ0n) is 17.8. The highest BCUT2D eigenvalue weighted by Crippen LogP contribution is 2.30. The van der Waals surface area contributed by atoms with E-state index in [1.807, 2.05) is 30.3 Å². The van der Waals surface area contributed by atoms with Crippen molar-refractivity contribution in [3.8, 4) is 10.6 Å². The van der Waals surface area contributed by atoms with Crippen molar-refractivity contribution in [3.63, 3.8) is 0 Å². The van der Waals surface area contributed by atoms with E-state index < -0.39 is 10.0 Å². The predicted octanol–water partition coefficient (Wildman–Crippen LogP) is 4.64. The van der Waals surface area contributed by atoms with Crippen molar-refractivity contribution in [3.05, 3.63) is 72.4 Å². The van der Waals surface area contributed by atoms with Crippen molar-refractivity contribution in [1.82, 2.24) is 14.3 Å². The van der Waals surface area contributed by atoms with E-state index in [2.05, 4.69) is 15.3 Å². The molecule has 2 heterocycles. The second kappa shape index (κ2) is 8.78. The van der Waals surface area contributed by atoms with Crippen LogP contribution in [-0.2, 0) is 10.0 Å². The van der Waals surface area contributed by atoms with Gasteiger partial charge in [0.15, 0.2) is 0 Å². The van der Waals surface area contributed by atoms with Gasteiger partial charge in [-0.25, -0.2) is 18.4 Å². The zero-order valence-corrected chi connectivity index (χ0v) is 19.4. The van der Waals surface area contributed by atoms with Gasteiger partial charge in [-0.1, -0.05) is 12.1 Å². The smallest absolute Gasteiger partial charge is 0.256 e. The Hall–Kier alpha value is -3.14. The van der Waals surface area contributed by atoms with E-state index >= 15 is 0 Å². The van der Waals surface area contributed by atoms with E-state index in [1.165, 1.54) is 35.6 Å². The minimum absolute atomic E-state index is 0.142. The Morgan fingerprint density at radius 3 is 2.38 bits per heavy atom. The normalized spacial score (nSPS) is 11.9. The van der Waals surface area contributed by atoms with Crippen LogP contribution in [0.1, 0.15) is 24.2 Å². The number of carbonyl (C=O) groups excluding carboxylic acids is 1. The first-order valence-electron chi connectivity index (χ1n) is 9.97. The van der Waals surface area contributed by atoms with Crippen LogP contribution in [0.3, 0.4) is 0 Å². The number of aromatic nitrogens is 2. The lowest BCUT2D eigenvalue weighted by Crippen LogP contribution is -2.33. The first kappa shape index (κ1) is 22.1. The number of nitrogens with zero attached hydrogens (tertiary/aromatic N) is 3. The van der Waals surface area contributed by atoms with Crippen LogP contribution in [0.25, 0.3) is 20.8 Å². The third-order valence-electron chi connectivity index (χ3n) is 5.07. The SMILES string of the molecule is CC(C)N(C)S(=O)(=O)c1ccc(C(=O)Nc2ccc(-c3nc4ccccc4s3)cn2)cc1. The van der Waals surface area contributed by atoms with Crippen molar-refractivity contribution < 1.29 is 13.2 Å². The summed E-state index contributed by atoms with van der Waals surface area (Å²) < 4.78 is 27.5. The molecule has 0 atom stereocenters. The number of thiazole rings is 1. The molecule has 2 aromatic carbocycles.